The van der Waals surface area contributed by atoms with Crippen molar-refractivity contribution < 1.29 is 31.8 Å². The molecule has 0 saturated carbocycles. The van der Waals surface area contributed by atoms with Gasteiger partial charge in [0.25, 0.3) is 11.6 Å². The van der Waals surface area contributed by atoms with Gasteiger partial charge in [-0.2, -0.15) is 13.7 Å². The fourth-order valence-electron chi connectivity index (χ4n) is 3.12. The van der Waals surface area contributed by atoms with E-state index in [1.54, 1.807) is 31.2 Å². The number of anilines is 1. The van der Waals surface area contributed by atoms with Gasteiger partial charge in [-0.1, -0.05) is 6.07 Å². The number of nitrogens with one attached hydrogen (secondary N) is 1. The number of benzene rings is 3. The van der Waals surface area contributed by atoms with Crippen LogP contribution < -0.4 is 19.0 Å². The lowest BCUT2D eigenvalue weighted by Crippen LogP contribution is -2.13. The number of halogens is 1. The molecule has 3 rings (SSSR count). The van der Waals surface area contributed by atoms with Gasteiger partial charge in [0.2, 0.25) is 0 Å². The topological polar surface area (TPSA) is 158 Å². The average Bonchev–Trinajstić information content (AvgIpc) is 2.89. The molecule has 3 aromatic rings. The number of nitriles is 1. The minimum absolute atomic E-state index is 0.0177. The van der Waals surface area contributed by atoms with Crippen molar-refractivity contribution in [2.75, 3.05) is 19.0 Å². The largest absolute Gasteiger partial charge is 0.497 e. The summed E-state index contributed by atoms with van der Waals surface area (Å²) in [6.45, 7) is 1.82. The van der Waals surface area contributed by atoms with Crippen LogP contribution in [0, 0.1) is 21.4 Å². The molecule has 0 radical (unpaired) electrons. The Morgan fingerprint density at radius 3 is 2.50 bits per heavy atom. The Morgan fingerprint density at radius 1 is 1.18 bits per heavy atom. The molecular weight excluding hydrogens is 582 g/mol. The molecule has 0 aliphatic heterocycles. The Labute approximate surface area is 226 Å². The second-order valence-electron chi connectivity index (χ2n) is 7.41. The molecule has 0 bridgehead atoms. The van der Waals surface area contributed by atoms with Gasteiger partial charge in [0, 0.05) is 23.9 Å². The number of carbonyl (C=O) groups excluding carboxylic acids is 1. The lowest BCUT2D eigenvalue weighted by atomic mass is 10.1. The van der Waals surface area contributed by atoms with Gasteiger partial charge in [-0.05, 0) is 70.9 Å². The Balaban J connectivity index is 1.92. The maximum Gasteiger partial charge on any atom is 0.339 e. The molecule has 3 aromatic carbocycles. The second-order valence-corrected chi connectivity index (χ2v) is 9.81. The minimum Gasteiger partial charge on any atom is -0.497 e. The number of nitro benzene ring substituents is 1. The molecule has 13 heteroatoms. The summed E-state index contributed by atoms with van der Waals surface area (Å²) in [6, 6.07) is 15.5. The van der Waals surface area contributed by atoms with E-state index >= 15 is 0 Å². The molecular formula is C25H20BrN3O8S. The van der Waals surface area contributed by atoms with E-state index in [0.29, 0.717) is 17.0 Å². The van der Waals surface area contributed by atoms with E-state index in [-0.39, 0.29) is 38.7 Å². The monoisotopic (exact) mass is 601 g/mol. The van der Waals surface area contributed by atoms with Gasteiger partial charge in [0.15, 0.2) is 11.5 Å². The van der Waals surface area contributed by atoms with Crippen LogP contribution in [0.25, 0.3) is 6.08 Å². The van der Waals surface area contributed by atoms with Crippen molar-refractivity contribution in [3.8, 4) is 23.3 Å². The summed E-state index contributed by atoms with van der Waals surface area (Å²) >= 11 is 3.26. The first-order valence-electron chi connectivity index (χ1n) is 10.8. The molecule has 0 heterocycles. The zero-order valence-electron chi connectivity index (χ0n) is 20.0. The summed E-state index contributed by atoms with van der Waals surface area (Å²) in [7, 11) is -2.90. The number of nitro groups is 1. The van der Waals surface area contributed by atoms with Crippen LogP contribution in [-0.4, -0.2) is 33.0 Å². The quantitative estimate of drug-likeness (QED) is 0.110. The Bertz CT molecular complexity index is 1550. The predicted molar refractivity (Wildman–Crippen MR) is 141 cm³/mol. The third-order valence-electron chi connectivity index (χ3n) is 4.86. The van der Waals surface area contributed by atoms with Crippen LogP contribution in [-0.2, 0) is 14.9 Å². The lowest BCUT2D eigenvalue weighted by molar-refractivity contribution is -0.384. The lowest BCUT2D eigenvalue weighted by Gasteiger charge is -2.14. The number of amides is 1. The van der Waals surface area contributed by atoms with Crippen molar-refractivity contribution in [2.24, 2.45) is 0 Å². The predicted octanol–water partition coefficient (Wildman–Crippen LogP) is 5.08. The second kappa shape index (κ2) is 12.2. The molecule has 0 aliphatic carbocycles. The number of ether oxygens (including phenoxy) is 2. The van der Waals surface area contributed by atoms with Crippen LogP contribution in [0.4, 0.5) is 11.4 Å². The molecule has 196 valence electrons. The van der Waals surface area contributed by atoms with E-state index in [0.717, 1.165) is 24.3 Å². The number of nitrogens with zero attached hydrogens (tertiary/aromatic N) is 2. The standard InChI is InChI=1S/C25H20BrN3O8S/c1-3-36-23-13-16(11-17(15-27)25(30)28-18-5-4-6-20(14-18)35-2)12-22(26)24(23)37-38(33,34)21-9-7-19(8-10-21)29(31)32/h4-14H,3H2,1-2H3,(H,28,30)/b17-11+. The summed E-state index contributed by atoms with van der Waals surface area (Å²) < 4.78 is 41.8. The molecule has 11 nitrogen and oxygen atoms in total. The Morgan fingerprint density at radius 2 is 1.89 bits per heavy atom. The molecule has 0 unspecified atom stereocenters. The Hall–Kier alpha value is -4.41. The first kappa shape index (κ1) is 28.2. The van der Waals surface area contributed by atoms with Crippen molar-refractivity contribution in [3.63, 3.8) is 0 Å². The van der Waals surface area contributed by atoms with E-state index in [9.17, 15) is 28.6 Å². The normalized spacial score (nSPS) is 11.3. The van der Waals surface area contributed by atoms with Crippen molar-refractivity contribution in [3.05, 3.63) is 86.4 Å². The average molecular weight is 602 g/mol. The van der Waals surface area contributed by atoms with E-state index in [1.807, 2.05) is 6.07 Å². The highest BCUT2D eigenvalue weighted by Crippen LogP contribution is 2.39. The maximum atomic E-state index is 12.8. The number of hydrogen-bond donors (Lipinski definition) is 1. The number of rotatable bonds is 10. The highest BCUT2D eigenvalue weighted by Gasteiger charge is 2.23. The van der Waals surface area contributed by atoms with Crippen molar-refractivity contribution >= 4 is 49.4 Å². The minimum atomic E-state index is -4.39. The molecule has 0 atom stereocenters. The van der Waals surface area contributed by atoms with Gasteiger partial charge in [-0.15, -0.1) is 0 Å². The fourth-order valence-corrected chi connectivity index (χ4v) is 4.73. The summed E-state index contributed by atoms with van der Waals surface area (Å²) in [6.07, 6.45) is 1.30. The van der Waals surface area contributed by atoms with Crippen LogP contribution >= 0.6 is 15.9 Å². The third-order valence-corrected chi connectivity index (χ3v) is 6.69. The molecule has 0 fully saturated rings. The summed E-state index contributed by atoms with van der Waals surface area (Å²) in [5.74, 6) is -0.309. The van der Waals surface area contributed by atoms with Crippen LogP contribution in [0.5, 0.6) is 17.2 Å². The van der Waals surface area contributed by atoms with Crippen molar-refractivity contribution in [1.82, 2.24) is 0 Å². The fraction of sp³-hybridized carbons (Fsp3) is 0.120. The SMILES string of the molecule is CCOc1cc(/C=C(\C#N)C(=O)Nc2cccc(OC)c2)cc(Br)c1OS(=O)(=O)c1ccc([N+](=O)[O-])cc1. The molecule has 38 heavy (non-hydrogen) atoms. The number of methoxy groups -OCH3 is 1. The van der Waals surface area contributed by atoms with E-state index < -0.39 is 20.9 Å². The first-order valence-corrected chi connectivity index (χ1v) is 13.0. The first-order chi connectivity index (χ1) is 18.1. The van der Waals surface area contributed by atoms with Crippen LogP contribution in [0.3, 0.4) is 0 Å². The van der Waals surface area contributed by atoms with Gasteiger partial charge >= 0.3 is 10.1 Å². The van der Waals surface area contributed by atoms with Gasteiger partial charge < -0.3 is 19.0 Å². The molecule has 0 aromatic heterocycles. The van der Waals surface area contributed by atoms with Crippen LogP contribution in [0.15, 0.2) is 75.6 Å². The molecule has 1 amide bonds. The van der Waals surface area contributed by atoms with E-state index in [4.69, 9.17) is 13.7 Å². The molecule has 0 aliphatic rings. The highest BCUT2D eigenvalue weighted by atomic mass is 79.9. The maximum absolute atomic E-state index is 12.8. The summed E-state index contributed by atoms with van der Waals surface area (Å²) in [5, 5.41) is 23.0. The molecule has 0 spiro atoms. The van der Waals surface area contributed by atoms with Gasteiger partial charge in [-0.3, -0.25) is 14.9 Å². The van der Waals surface area contributed by atoms with Crippen LogP contribution in [0.1, 0.15) is 12.5 Å². The molecule has 1 N–H and O–H groups in total. The van der Waals surface area contributed by atoms with E-state index in [1.165, 1.54) is 25.3 Å². The number of carbonyl (C=O) groups is 1. The van der Waals surface area contributed by atoms with Gasteiger partial charge in [0.1, 0.15) is 22.3 Å². The van der Waals surface area contributed by atoms with Gasteiger partial charge in [-0.25, -0.2) is 0 Å². The zero-order chi connectivity index (χ0) is 27.9. The van der Waals surface area contributed by atoms with Crippen molar-refractivity contribution in [2.45, 2.75) is 11.8 Å². The third kappa shape index (κ3) is 6.87. The summed E-state index contributed by atoms with van der Waals surface area (Å²) in [4.78, 5) is 22.6. The Kier molecular flexibility index (Phi) is 9.06. The number of hydrogen-bond acceptors (Lipinski definition) is 9. The smallest absolute Gasteiger partial charge is 0.339 e. The van der Waals surface area contributed by atoms with E-state index in [2.05, 4.69) is 21.2 Å². The van der Waals surface area contributed by atoms with Crippen molar-refractivity contribution in [1.29, 1.82) is 5.26 Å². The summed E-state index contributed by atoms with van der Waals surface area (Å²) in [5.41, 5.74) is 0.263. The molecule has 0 saturated heterocycles. The van der Waals surface area contributed by atoms with Crippen LogP contribution in [0.2, 0.25) is 0 Å². The van der Waals surface area contributed by atoms with Gasteiger partial charge in [0.05, 0.1) is 23.1 Å². The number of non-ortho nitro benzene ring substituents is 1. The zero-order valence-corrected chi connectivity index (χ0v) is 22.4. The highest BCUT2D eigenvalue weighted by molar-refractivity contribution is 9.10.